The highest BCUT2D eigenvalue weighted by molar-refractivity contribution is 5.90. The van der Waals surface area contributed by atoms with Crippen LogP contribution in [0, 0.1) is 0 Å². The fraction of sp³-hybridized carbons (Fsp3) is 0.667. The van der Waals surface area contributed by atoms with Crippen molar-refractivity contribution in [1.29, 1.82) is 0 Å². The van der Waals surface area contributed by atoms with E-state index in [0.29, 0.717) is 5.75 Å². The summed E-state index contributed by atoms with van der Waals surface area (Å²) in [5, 5.41) is 9.26. The summed E-state index contributed by atoms with van der Waals surface area (Å²) in [6, 6.07) is 6.95. The van der Waals surface area contributed by atoms with Crippen molar-refractivity contribution in [2.24, 2.45) is 0 Å². The Balaban J connectivity index is 2.35. The molecule has 24 heavy (non-hydrogen) atoms. The molecule has 136 valence electrons. The van der Waals surface area contributed by atoms with Crippen LogP contribution in [-0.2, 0) is 0 Å². The monoisotopic (exact) mass is 334 g/mol. The molecule has 3 nitrogen and oxygen atoms in total. The van der Waals surface area contributed by atoms with Gasteiger partial charge >= 0.3 is 5.97 Å². The molecule has 1 aromatic carbocycles. The van der Waals surface area contributed by atoms with Crippen LogP contribution in [0.1, 0.15) is 94.8 Å². The molecule has 0 saturated heterocycles. The SMILES string of the molecule is CCCCCCCCCCC(CCC)Oc1ccccc1C(=O)O. The number of para-hydroxylation sites is 1. The Labute approximate surface area is 147 Å². The Morgan fingerprint density at radius 1 is 0.917 bits per heavy atom. The van der Waals surface area contributed by atoms with Crippen LogP contribution in [0.3, 0.4) is 0 Å². The van der Waals surface area contributed by atoms with E-state index in [0.717, 1.165) is 25.7 Å². The highest BCUT2D eigenvalue weighted by Crippen LogP contribution is 2.23. The van der Waals surface area contributed by atoms with E-state index in [1.165, 1.54) is 44.9 Å². The number of ether oxygens (including phenoxy) is 1. The molecule has 0 aliphatic carbocycles. The molecule has 0 saturated carbocycles. The molecule has 0 amide bonds. The second kappa shape index (κ2) is 12.9. The number of benzene rings is 1. The Hall–Kier alpha value is -1.51. The maximum Gasteiger partial charge on any atom is 0.339 e. The van der Waals surface area contributed by atoms with Gasteiger partial charge in [0.05, 0.1) is 6.10 Å². The summed E-state index contributed by atoms with van der Waals surface area (Å²) in [6.45, 7) is 4.39. The number of unbranched alkanes of at least 4 members (excludes halogenated alkanes) is 7. The molecule has 1 aromatic rings. The van der Waals surface area contributed by atoms with Gasteiger partial charge in [0.1, 0.15) is 11.3 Å². The molecule has 3 heteroatoms. The number of carboxylic acid groups (broad SMARTS) is 1. The van der Waals surface area contributed by atoms with Gasteiger partial charge in [0, 0.05) is 0 Å². The molecule has 0 radical (unpaired) electrons. The van der Waals surface area contributed by atoms with E-state index in [1.807, 2.05) is 6.07 Å². The summed E-state index contributed by atoms with van der Waals surface area (Å²) in [4.78, 5) is 11.3. The van der Waals surface area contributed by atoms with E-state index in [1.54, 1.807) is 18.2 Å². The molecule has 0 heterocycles. The second-order valence-corrected chi connectivity index (χ2v) is 6.59. The van der Waals surface area contributed by atoms with Gasteiger partial charge in [0.2, 0.25) is 0 Å². The Morgan fingerprint density at radius 2 is 1.54 bits per heavy atom. The number of aromatic carboxylic acids is 1. The predicted molar refractivity (Wildman–Crippen MR) is 100.0 cm³/mol. The summed E-state index contributed by atoms with van der Waals surface area (Å²) in [7, 11) is 0. The topological polar surface area (TPSA) is 46.5 Å². The number of rotatable bonds is 14. The van der Waals surface area contributed by atoms with Crippen molar-refractivity contribution in [2.75, 3.05) is 0 Å². The lowest BCUT2D eigenvalue weighted by atomic mass is 10.0. The van der Waals surface area contributed by atoms with E-state index in [2.05, 4.69) is 13.8 Å². The zero-order chi connectivity index (χ0) is 17.6. The maximum atomic E-state index is 11.3. The van der Waals surface area contributed by atoms with E-state index in [4.69, 9.17) is 4.74 Å². The van der Waals surface area contributed by atoms with Crippen molar-refractivity contribution >= 4 is 5.97 Å². The molecule has 0 aromatic heterocycles. The Morgan fingerprint density at radius 3 is 2.17 bits per heavy atom. The summed E-state index contributed by atoms with van der Waals surface area (Å²) in [6.07, 6.45) is 13.6. The van der Waals surface area contributed by atoms with Gasteiger partial charge in [-0.2, -0.15) is 0 Å². The minimum absolute atomic E-state index is 0.121. The zero-order valence-corrected chi connectivity index (χ0v) is 15.4. The van der Waals surface area contributed by atoms with Crippen LogP contribution >= 0.6 is 0 Å². The first-order chi connectivity index (χ1) is 11.7. The van der Waals surface area contributed by atoms with Crippen molar-refractivity contribution in [3.63, 3.8) is 0 Å². The molecule has 0 spiro atoms. The average molecular weight is 335 g/mol. The number of carboxylic acids is 1. The number of hydrogen-bond acceptors (Lipinski definition) is 2. The van der Waals surface area contributed by atoms with Gasteiger partial charge in [-0.05, 0) is 31.4 Å². The lowest BCUT2D eigenvalue weighted by molar-refractivity contribution is 0.0687. The van der Waals surface area contributed by atoms with Gasteiger partial charge in [-0.1, -0.05) is 77.3 Å². The van der Waals surface area contributed by atoms with Gasteiger partial charge < -0.3 is 9.84 Å². The van der Waals surface area contributed by atoms with Crippen LogP contribution in [0.15, 0.2) is 24.3 Å². The van der Waals surface area contributed by atoms with Crippen molar-refractivity contribution in [3.05, 3.63) is 29.8 Å². The van der Waals surface area contributed by atoms with Crippen LogP contribution in [0.25, 0.3) is 0 Å². The van der Waals surface area contributed by atoms with Gasteiger partial charge in [-0.3, -0.25) is 0 Å². The molecule has 1 N–H and O–H groups in total. The Kier molecular flexibility index (Phi) is 11.0. The molecule has 1 unspecified atom stereocenters. The van der Waals surface area contributed by atoms with Crippen LogP contribution in [0.4, 0.5) is 0 Å². The van der Waals surface area contributed by atoms with Crippen molar-refractivity contribution in [3.8, 4) is 5.75 Å². The molecule has 0 bridgehead atoms. The van der Waals surface area contributed by atoms with Crippen molar-refractivity contribution < 1.29 is 14.6 Å². The van der Waals surface area contributed by atoms with Crippen LogP contribution in [-0.4, -0.2) is 17.2 Å². The Bertz CT molecular complexity index is 456. The lowest BCUT2D eigenvalue weighted by Gasteiger charge is -2.20. The minimum atomic E-state index is -0.923. The first kappa shape index (κ1) is 20.5. The second-order valence-electron chi connectivity index (χ2n) is 6.59. The highest BCUT2D eigenvalue weighted by Gasteiger charge is 2.15. The molecular weight excluding hydrogens is 300 g/mol. The molecular formula is C21H34O3. The van der Waals surface area contributed by atoms with E-state index < -0.39 is 5.97 Å². The fourth-order valence-electron chi connectivity index (χ4n) is 3.02. The average Bonchev–Trinajstić information content (AvgIpc) is 2.57. The predicted octanol–water partition coefficient (Wildman–Crippen LogP) is 6.46. The normalized spacial score (nSPS) is 12.1. The standard InChI is InChI=1S/C21H34O3/c1-3-5-6-7-8-9-10-11-15-18(14-4-2)24-20-17-13-12-16-19(20)21(22)23/h12-13,16-18H,3-11,14-15H2,1-2H3,(H,22,23). The molecule has 0 aliphatic heterocycles. The third-order valence-electron chi connectivity index (χ3n) is 4.40. The smallest absolute Gasteiger partial charge is 0.339 e. The van der Waals surface area contributed by atoms with Crippen LogP contribution in [0.2, 0.25) is 0 Å². The fourth-order valence-corrected chi connectivity index (χ4v) is 3.02. The van der Waals surface area contributed by atoms with Gasteiger partial charge in [-0.25, -0.2) is 4.79 Å². The lowest BCUT2D eigenvalue weighted by Crippen LogP contribution is -2.18. The number of hydrogen-bond donors (Lipinski definition) is 1. The summed E-state index contributed by atoms with van der Waals surface area (Å²) < 4.78 is 6.03. The first-order valence-electron chi connectivity index (χ1n) is 9.68. The van der Waals surface area contributed by atoms with Crippen molar-refractivity contribution in [2.45, 2.75) is 90.6 Å². The molecule has 0 fully saturated rings. The summed E-state index contributed by atoms with van der Waals surface area (Å²) >= 11 is 0. The van der Waals surface area contributed by atoms with Gasteiger partial charge in [0.15, 0.2) is 0 Å². The number of carbonyl (C=O) groups is 1. The van der Waals surface area contributed by atoms with E-state index >= 15 is 0 Å². The quantitative estimate of drug-likeness (QED) is 0.397. The maximum absolute atomic E-state index is 11.3. The highest BCUT2D eigenvalue weighted by atomic mass is 16.5. The minimum Gasteiger partial charge on any atom is -0.490 e. The van der Waals surface area contributed by atoms with E-state index in [-0.39, 0.29) is 11.7 Å². The summed E-state index contributed by atoms with van der Waals surface area (Å²) in [5.41, 5.74) is 0.259. The first-order valence-corrected chi connectivity index (χ1v) is 9.68. The van der Waals surface area contributed by atoms with Crippen LogP contribution < -0.4 is 4.74 Å². The zero-order valence-electron chi connectivity index (χ0n) is 15.4. The molecule has 1 atom stereocenters. The molecule has 0 aliphatic rings. The van der Waals surface area contributed by atoms with Gasteiger partial charge in [0.25, 0.3) is 0 Å². The van der Waals surface area contributed by atoms with Crippen LogP contribution in [0.5, 0.6) is 5.75 Å². The van der Waals surface area contributed by atoms with Crippen molar-refractivity contribution in [1.82, 2.24) is 0 Å². The third kappa shape index (κ3) is 8.37. The van der Waals surface area contributed by atoms with Gasteiger partial charge in [-0.15, -0.1) is 0 Å². The largest absolute Gasteiger partial charge is 0.490 e. The summed E-state index contributed by atoms with van der Waals surface area (Å²) in [5.74, 6) is -0.420. The van der Waals surface area contributed by atoms with E-state index in [9.17, 15) is 9.90 Å². The molecule has 1 rings (SSSR count). The third-order valence-corrected chi connectivity index (χ3v) is 4.40.